The zero-order valence-electron chi connectivity index (χ0n) is 19.2. The van der Waals surface area contributed by atoms with E-state index >= 15 is 0 Å². The van der Waals surface area contributed by atoms with E-state index in [9.17, 15) is 0 Å². The molecule has 0 aliphatic heterocycles. The molecule has 0 radical (unpaired) electrons. The summed E-state index contributed by atoms with van der Waals surface area (Å²) in [5, 5.41) is 1.97. The molecule has 0 spiro atoms. The van der Waals surface area contributed by atoms with E-state index in [0.29, 0.717) is 17.9 Å². The molecule has 28 heavy (non-hydrogen) atoms. The Balaban J connectivity index is 1.80. The molecule has 0 saturated heterocycles. The average Bonchev–Trinajstić information content (AvgIpc) is 3.48. The van der Waals surface area contributed by atoms with Crippen LogP contribution in [0.1, 0.15) is 82.6 Å². The molecule has 2 aromatic carbocycles. The molecule has 0 N–H and O–H groups in total. The van der Waals surface area contributed by atoms with Crippen molar-refractivity contribution in [2.24, 2.45) is 7.05 Å². The summed E-state index contributed by atoms with van der Waals surface area (Å²) >= 11 is 0. The maximum absolute atomic E-state index is 8.60. The van der Waals surface area contributed by atoms with Crippen LogP contribution >= 0.6 is 0 Å². The van der Waals surface area contributed by atoms with Gasteiger partial charge in [0.25, 0.3) is 0 Å². The summed E-state index contributed by atoms with van der Waals surface area (Å²) in [5.41, 5.74) is 6.79. The lowest BCUT2D eigenvalue weighted by atomic mass is 9.84. The normalized spacial score (nSPS) is 19.4. The Kier molecular flexibility index (Phi) is 4.13. The first-order valence-corrected chi connectivity index (χ1v) is 11.1. The summed E-state index contributed by atoms with van der Waals surface area (Å²) in [6.45, 7) is 2.29. The average molecular weight is 373 g/mol. The van der Waals surface area contributed by atoms with Crippen LogP contribution in [-0.2, 0) is 7.05 Å². The molecular formula is C27H32N+. The Labute approximate surface area is 172 Å². The minimum atomic E-state index is 0.289. The number of pyridine rings is 1. The fourth-order valence-electron chi connectivity index (χ4n) is 5.67. The summed E-state index contributed by atoms with van der Waals surface area (Å²) in [6, 6.07) is 13.4. The van der Waals surface area contributed by atoms with Crippen LogP contribution in [-0.4, -0.2) is 0 Å². The molecule has 2 aliphatic rings. The molecular weight excluding hydrogens is 338 g/mol. The van der Waals surface area contributed by atoms with Gasteiger partial charge >= 0.3 is 0 Å². The van der Waals surface area contributed by atoms with E-state index < -0.39 is 0 Å². The second-order valence-corrected chi connectivity index (χ2v) is 8.94. The largest absolute Gasteiger partial charge is 0.220 e. The summed E-state index contributed by atoms with van der Waals surface area (Å²) < 4.78 is 19.0. The Hall–Kier alpha value is -2.15. The third-order valence-corrected chi connectivity index (χ3v) is 7.22. The van der Waals surface area contributed by atoms with Crippen LogP contribution in [0.3, 0.4) is 0 Å². The van der Waals surface area contributed by atoms with Gasteiger partial charge < -0.3 is 0 Å². The molecule has 1 heterocycles. The number of hydrogen-bond donors (Lipinski definition) is 0. The fourth-order valence-corrected chi connectivity index (χ4v) is 5.67. The molecule has 1 heteroatoms. The molecule has 1 nitrogen and oxygen atoms in total. The lowest BCUT2D eigenvalue weighted by molar-refractivity contribution is -0.659. The van der Waals surface area contributed by atoms with Crippen molar-refractivity contribution in [1.29, 1.82) is 0 Å². The summed E-state index contributed by atoms with van der Waals surface area (Å²) in [7, 11) is 1.96. The van der Waals surface area contributed by atoms with Gasteiger partial charge in [-0.2, -0.15) is 0 Å². The van der Waals surface area contributed by atoms with Crippen molar-refractivity contribution in [3.63, 3.8) is 0 Å². The number of aromatic nitrogens is 1. The number of hydrogen-bond acceptors (Lipinski definition) is 0. The van der Waals surface area contributed by atoms with Gasteiger partial charge in [-0.25, -0.2) is 4.57 Å². The molecule has 2 aliphatic carbocycles. The van der Waals surface area contributed by atoms with E-state index in [-0.39, 0.29) is 6.17 Å². The zero-order valence-corrected chi connectivity index (χ0v) is 17.2. The van der Waals surface area contributed by atoms with Gasteiger partial charge in [0.05, 0.1) is 12.3 Å². The van der Waals surface area contributed by atoms with Crippen LogP contribution < -0.4 is 4.57 Å². The second kappa shape index (κ2) is 7.35. The van der Waals surface area contributed by atoms with Crippen LogP contribution in [0.2, 0.25) is 0 Å². The smallest absolute Gasteiger partial charge is 0.200 e. The zero-order chi connectivity index (χ0) is 20.8. The first-order valence-electron chi connectivity index (χ1n) is 12.1. The van der Waals surface area contributed by atoms with Crippen molar-refractivity contribution in [2.75, 3.05) is 0 Å². The predicted octanol–water partition coefficient (Wildman–Crippen LogP) is 6.95. The maximum atomic E-state index is 8.60. The Morgan fingerprint density at radius 1 is 0.929 bits per heavy atom. The molecule has 0 amide bonds. The van der Waals surface area contributed by atoms with Crippen molar-refractivity contribution >= 4 is 10.8 Å². The number of nitrogens with zero attached hydrogens (tertiary/aromatic N) is 1. The summed E-state index contributed by atoms with van der Waals surface area (Å²) in [4.78, 5) is 0. The topological polar surface area (TPSA) is 3.88 Å². The Morgan fingerprint density at radius 2 is 1.61 bits per heavy atom. The van der Waals surface area contributed by atoms with Gasteiger partial charge in [0, 0.05) is 6.04 Å². The highest BCUT2D eigenvalue weighted by Gasteiger charge is 2.27. The van der Waals surface area contributed by atoms with E-state index in [0.717, 1.165) is 16.5 Å². The minimum absolute atomic E-state index is 0.289. The third kappa shape index (κ3) is 3.05. The van der Waals surface area contributed by atoms with Crippen LogP contribution in [0.5, 0.6) is 0 Å². The summed E-state index contributed by atoms with van der Waals surface area (Å²) in [5.74, 6) is 1.35. The molecule has 0 unspecified atom stereocenters. The maximum Gasteiger partial charge on any atom is 0.220 e. The highest BCUT2D eigenvalue weighted by molar-refractivity contribution is 5.93. The van der Waals surface area contributed by atoms with Crippen molar-refractivity contribution in [1.82, 2.24) is 0 Å². The van der Waals surface area contributed by atoms with Gasteiger partial charge in [0.2, 0.25) is 5.69 Å². The minimum Gasteiger partial charge on any atom is -0.200 e. The van der Waals surface area contributed by atoms with Gasteiger partial charge in [-0.1, -0.05) is 49.9 Å². The quantitative estimate of drug-likeness (QED) is 0.438. The Bertz CT molecular complexity index is 1110. The van der Waals surface area contributed by atoms with Gasteiger partial charge in [0.1, 0.15) is 8.42 Å². The van der Waals surface area contributed by atoms with Gasteiger partial charge in [-0.05, 0) is 78.7 Å². The van der Waals surface area contributed by atoms with Crippen molar-refractivity contribution in [2.45, 2.75) is 70.1 Å². The lowest BCUT2D eigenvalue weighted by Gasteiger charge is -2.21. The van der Waals surface area contributed by atoms with Crippen molar-refractivity contribution < 1.29 is 7.31 Å². The molecule has 0 bridgehead atoms. The van der Waals surface area contributed by atoms with Crippen LogP contribution in [0.15, 0.2) is 48.6 Å². The highest BCUT2D eigenvalue weighted by atomic mass is 14.9. The second-order valence-electron chi connectivity index (χ2n) is 8.94. The van der Waals surface area contributed by atoms with E-state index in [1.54, 1.807) is 0 Å². The molecule has 0 atom stereocenters. The van der Waals surface area contributed by atoms with Gasteiger partial charge in [0.15, 0.2) is 6.17 Å². The number of fused-ring (bicyclic) bond motifs is 1. The fraction of sp³-hybridized carbons (Fsp3) is 0.444. The molecule has 2 fully saturated rings. The first kappa shape index (κ1) is 15.7. The van der Waals surface area contributed by atoms with E-state index in [1.165, 1.54) is 73.6 Å². The number of rotatable bonds is 3. The molecule has 3 aromatic rings. The monoisotopic (exact) mass is 372 g/mol. The van der Waals surface area contributed by atoms with E-state index in [1.807, 2.05) is 23.7 Å². The number of benzene rings is 2. The molecule has 5 rings (SSSR count). The lowest BCUT2D eigenvalue weighted by Crippen LogP contribution is -2.31. The standard InChI is InChI=1S/C27H32N/c1-19-25(21-11-5-6-12-21)17-23(20-9-3-4-10-20)18-26(19)27-24-14-8-7-13-22(24)15-16-28(27)2/h7-8,13-18,20-21H,3-6,9-12H2,1-2H3/q+1/i15D,16D. The molecule has 144 valence electrons. The molecule has 1 aromatic heterocycles. The van der Waals surface area contributed by atoms with E-state index in [4.69, 9.17) is 2.74 Å². The van der Waals surface area contributed by atoms with Crippen LogP contribution in [0.25, 0.3) is 22.0 Å². The first-order chi connectivity index (χ1) is 14.6. The highest BCUT2D eigenvalue weighted by Crippen LogP contribution is 2.43. The van der Waals surface area contributed by atoms with Crippen LogP contribution in [0, 0.1) is 6.92 Å². The third-order valence-electron chi connectivity index (χ3n) is 7.22. The van der Waals surface area contributed by atoms with Crippen molar-refractivity contribution in [3.05, 3.63) is 65.3 Å². The predicted molar refractivity (Wildman–Crippen MR) is 118 cm³/mol. The van der Waals surface area contributed by atoms with Crippen LogP contribution in [0.4, 0.5) is 0 Å². The van der Waals surface area contributed by atoms with Gasteiger partial charge in [-0.15, -0.1) is 0 Å². The van der Waals surface area contributed by atoms with Gasteiger partial charge in [-0.3, -0.25) is 0 Å². The molecule has 2 saturated carbocycles. The van der Waals surface area contributed by atoms with E-state index in [2.05, 4.69) is 31.2 Å². The summed E-state index contributed by atoms with van der Waals surface area (Å²) in [6.07, 6.45) is 10.9. The SMILES string of the molecule is [2H]c1c([2H])[n+](C)c(-c2cc(C3CCCC3)cc(C3CCCC3)c2C)c2ccccc12. The Morgan fingerprint density at radius 3 is 2.36 bits per heavy atom. The van der Waals surface area contributed by atoms with Crippen molar-refractivity contribution in [3.8, 4) is 11.3 Å².